The quantitative estimate of drug-likeness (QED) is 0.303. The first-order chi connectivity index (χ1) is 19.7. The van der Waals surface area contributed by atoms with Crippen molar-refractivity contribution < 1.29 is 29.3 Å². The van der Waals surface area contributed by atoms with Crippen LogP contribution in [0.15, 0.2) is 42.5 Å². The Kier molecular flexibility index (Phi) is 10.5. The highest BCUT2D eigenvalue weighted by molar-refractivity contribution is 6.32. The molecule has 5 atom stereocenters. The first-order valence-corrected chi connectivity index (χ1v) is 14.9. The monoisotopic (exact) mass is 587 g/mol. The van der Waals surface area contributed by atoms with E-state index >= 15 is 0 Å². The molecule has 2 aliphatic rings. The van der Waals surface area contributed by atoms with E-state index in [0.717, 1.165) is 18.4 Å². The summed E-state index contributed by atoms with van der Waals surface area (Å²) in [6, 6.07) is 12.7. The summed E-state index contributed by atoms with van der Waals surface area (Å²) in [5, 5.41) is 25.8. The standard InChI is InChI=1S/C31H42ClN3O6/c1-3-20-8-4-10-23(16-20)41-28-24(11-5-12-25(28)32)31(39,13-7-14-34-30(38)40-2)22-9-6-15-35(19-22)29(37)21-17-26(33)27(36)18-21/h4-5,8,10-12,16,21-22,26-27,36,39H,3,6-7,9,13-15,17-19,33H2,1-2H3,(H,34,38)/t21-,22?,26+,27-,31-/m0/s1. The van der Waals surface area contributed by atoms with Gasteiger partial charge in [0.2, 0.25) is 5.91 Å². The molecule has 2 fully saturated rings. The second-order valence-electron chi connectivity index (χ2n) is 11.2. The number of para-hydroxylation sites is 1. The molecule has 9 nitrogen and oxygen atoms in total. The van der Waals surface area contributed by atoms with E-state index in [-0.39, 0.29) is 17.7 Å². The minimum absolute atomic E-state index is 0.0321. The van der Waals surface area contributed by atoms with Crippen LogP contribution in [0.1, 0.15) is 56.6 Å². The Balaban J connectivity index is 1.64. The fraction of sp³-hybridized carbons (Fsp3) is 0.548. The number of rotatable bonds is 10. The normalized spacial score (nSPS) is 24.0. The summed E-state index contributed by atoms with van der Waals surface area (Å²) in [7, 11) is 1.30. The number of aliphatic hydroxyl groups is 2. The van der Waals surface area contributed by atoms with Gasteiger partial charge in [-0.15, -0.1) is 0 Å². The minimum atomic E-state index is -1.41. The van der Waals surface area contributed by atoms with Crippen LogP contribution in [-0.2, 0) is 21.6 Å². The number of hydrogen-bond acceptors (Lipinski definition) is 7. The predicted octanol–water partition coefficient (Wildman–Crippen LogP) is 4.36. The van der Waals surface area contributed by atoms with Gasteiger partial charge in [-0.05, 0) is 68.7 Å². The molecule has 2 amide bonds. The van der Waals surface area contributed by atoms with Gasteiger partial charge in [-0.2, -0.15) is 0 Å². The number of aryl methyl sites for hydroxylation is 1. The molecule has 1 saturated heterocycles. The molecule has 4 rings (SSSR count). The van der Waals surface area contributed by atoms with Crippen LogP contribution in [0.4, 0.5) is 4.79 Å². The molecule has 1 heterocycles. The lowest BCUT2D eigenvalue weighted by Gasteiger charge is -2.44. The number of aliphatic hydroxyl groups excluding tert-OH is 1. The molecule has 5 N–H and O–H groups in total. The summed E-state index contributed by atoms with van der Waals surface area (Å²) in [5.41, 5.74) is 6.24. The number of nitrogens with two attached hydrogens (primary N) is 1. The van der Waals surface area contributed by atoms with Gasteiger partial charge >= 0.3 is 6.09 Å². The van der Waals surface area contributed by atoms with Gasteiger partial charge in [0, 0.05) is 43.1 Å². The van der Waals surface area contributed by atoms with Gasteiger partial charge in [-0.3, -0.25) is 4.79 Å². The van der Waals surface area contributed by atoms with Crippen LogP contribution < -0.4 is 15.8 Å². The van der Waals surface area contributed by atoms with E-state index in [4.69, 9.17) is 22.1 Å². The van der Waals surface area contributed by atoms with Gasteiger partial charge in [0.25, 0.3) is 0 Å². The van der Waals surface area contributed by atoms with E-state index in [0.29, 0.717) is 73.8 Å². The highest BCUT2D eigenvalue weighted by Crippen LogP contribution is 2.47. The van der Waals surface area contributed by atoms with Gasteiger partial charge < -0.3 is 35.6 Å². The van der Waals surface area contributed by atoms with E-state index in [1.54, 1.807) is 17.0 Å². The molecule has 1 saturated carbocycles. The van der Waals surface area contributed by atoms with E-state index in [9.17, 15) is 19.8 Å². The van der Waals surface area contributed by atoms with E-state index in [1.807, 2.05) is 30.3 Å². The smallest absolute Gasteiger partial charge is 0.406 e. The number of halogens is 1. The molecule has 0 aromatic heterocycles. The van der Waals surface area contributed by atoms with Gasteiger partial charge in [0.05, 0.1) is 23.8 Å². The Morgan fingerprint density at radius 3 is 2.71 bits per heavy atom. The van der Waals surface area contributed by atoms with Gasteiger partial charge in [-0.1, -0.05) is 42.8 Å². The molecular weight excluding hydrogens is 546 g/mol. The van der Waals surface area contributed by atoms with Crippen LogP contribution in [0.3, 0.4) is 0 Å². The van der Waals surface area contributed by atoms with Crippen LogP contribution in [-0.4, -0.2) is 66.0 Å². The number of benzene rings is 2. The van der Waals surface area contributed by atoms with Crippen molar-refractivity contribution in [2.24, 2.45) is 17.6 Å². The number of alkyl carbamates (subject to hydrolysis) is 1. The Bertz CT molecular complexity index is 1200. The average molecular weight is 588 g/mol. The summed E-state index contributed by atoms with van der Waals surface area (Å²) in [6.45, 7) is 3.30. The largest absolute Gasteiger partial charge is 0.455 e. The number of carbonyl (C=O) groups excluding carboxylic acids is 2. The van der Waals surface area contributed by atoms with Crippen molar-refractivity contribution in [1.29, 1.82) is 0 Å². The van der Waals surface area contributed by atoms with Crippen molar-refractivity contribution in [3.8, 4) is 11.5 Å². The van der Waals surface area contributed by atoms with E-state index in [2.05, 4.69) is 17.0 Å². The highest BCUT2D eigenvalue weighted by atomic mass is 35.5. The third-order valence-corrected chi connectivity index (χ3v) is 8.78. The lowest BCUT2D eigenvalue weighted by atomic mass is 9.73. The third kappa shape index (κ3) is 7.33. The zero-order valence-electron chi connectivity index (χ0n) is 23.9. The first kappa shape index (κ1) is 31.1. The van der Waals surface area contributed by atoms with Crippen molar-refractivity contribution in [1.82, 2.24) is 10.2 Å². The molecule has 0 radical (unpaired) electrons. The van der Waals surface area contributed by atoms with Crippen molar-refractivity contribution in [2.45, 2.75) is 69.6 Å². The van der Waals surface area contributed by atoms with Gasteiger partial charge in [-0.25, -0.2) is 4.79 Å². The van der Waals surface area contributed by atoms with Gasteiger partial charge in [0.1, 0.15) is 5.75 Å². The topological polar surface area (TPSA) is 134 Å². The number of amides is 2. The molecular formula is C31H42ClN3O6. The number of carbonyl (C=O) groups is 2. The Morgan fingerprint density at radius 2 is 2.00 bits per heavy atom. The van der Waals surface area contributed by atoms with Crippen LogP contribution in [0, 0.1) is 11.8 Å². The van der Waals surface area contributed by atoms with Crippen molar-refractivity contribution in [2.75, 3.05) is 26.7 Å². The summed E-state index contributed by atoms with van der Waals surface area (Å²) in [6.07, 6.45) is 2.59. The number of hydrogen-bond donors (Lipinski definition) is 4. The molecule has 0 bridgehead atoms. The van der Waals surface area contributed by atoms with Crippen molar-refractivity contribution in [3.05, 3.63) is 58.6 Å². The molecule has 2 aromatic carbocycles. The van der Waals surface area contributed by atoms with Crippen LogP contribution >= 0.6 is 11.6 Å². The summed E-state index contributed by atoms with van der Waals surface area (Å²) >= 11 is 6.70. The summed E-state index contributed by atoms with van der Waals surface area (Å²) < 4.78 is 11.0. The van der Waals surface area contributed by atoms with E-state index in [1.165, 1.54) is 7.11 Å². The van der Waals surface area contributed by atoms with Crippen molar-refractivity contribution >= 4 is 23.6 Å². The molecule has 10 heteroatoms. The van der Waals surface area contributed by atoms with E-state index < -0.39 is 23.8 Å². The van der Waals surface area contributed by atoms with Crippen molar-refractivity contribution in [3.63, 3.8) is 0 Å². The number of piperidine rings is 1. The third-order valence-electron chi connectivity index (χ3n) is 8.48. The Labute approximate surface area is 247 Å². The fourth-order valence-corrected chi connectivity index (χ4v) is 6.37. The Hall–Kier alpha value is -2.85. The van der Waals surface area contributed by atoms with Crippen LogP contribution in [0.5, 0.6) is 11.5 Å². The maximum absolute atomic E-state index is 13.5. The zero-order chi connectivity index (χ0) is 29.6. The number of methoxy groups -OCH3 is 1. The Morgan fingerprint density at radius 1 is 1.22 bits per heavy atom. The number of nitrogens with one attached hydrogen (secondary N) is 1. The molecule has 0 spiro atoms. The highest BCUT2D eigenvalue weighted by Gasteiger charge is 2.45. The zero-order valence-corrected chi connectivity index (χ0v) is 24.6. The lowest BCUT2D eigenvalue weighted by molar-refractivity contribution is -0.141. The maximum atomic E-state index is 13.5. The van der Waals surface area contributed by atoms with Crippen LogP contribution in [0.2, 0.25) is 5.02 Å². The SMILES string of the molecule is CCc1cccc(Oc2c(Cl)cccc2[C@](O)(CCCNC(=O)OC)C2CCCN(C(=O)[C@H]3C[C@@H](N)[C@@H](O)C3)C2)c1. The second-order valence-corrected chi connectivity index (χ2v) is 11.6. The first-order valence-electron chi connectivity index (χ1n) is 14.5. The number of ether oxygens (including phenoxy) is 2. The summed E-state index contributed by atoms with van der Waals surface area (Å²) in [4.78, 5) is 26.9. The molecule has 1 aliphatic carbocycles. The van der Waals surface area contributed by atoms with Gasteiger partial charge in [0.15, 0.2) is 5.75 Å². The van der Waals surface area contributed by atoms with Crippen LogP contribution in [0.25, 0.3) is 0 Å². The molecule has 1 aliphatic heterocycles. The number of nitrogens with zero attached hydrogens (tertiary/aromatic N) is 1. The predicted molar refractivity (Wildman–Crippen MR) is 157 cm³/mol. The maximum Gasteiger partial charge on any atom is 0.406 e. The molecule has 41 heavy (non-hydrogen) atoms. The molecule has 224 valence electrons. The average Bonchev–Trinajstić information content (AvgIpc) is 3.33. The molecule has 2 aromatic rings. The minimum Gasteiger partial charge on any atom is -0.455 e. The lowest BCUT2D eigenvalue weighted by Crippen LogP contribution is -2.49. The number of likely N-dealkylation sites (tertiary alicyclic amines) is 1. The fourth-order valence-electron chi connectivity index (χ4n) is 6.15. The molecule has 1 unspecified atom stereocenters. The second kappa shape index (κ2) is 13.9. The summed E-state index contributed by atoms with van der Waals surface area (Å²) in [5.74, 6) is 0.313.